The summed E-state index contributed by atoms with van der Waals surface area (Å²) in [6.45, 7) is -0.242. The molecular weight excluding hydrogens is 361 g/mol. The van der Waals surface area contributed by atoms with Crippen LogP contribution in [0.25, 0.3) is 6.08 Å². The van der Waals surface area contributed by atoms with Gasteiger partial charge in [-0.3, -0.25) is 9.36 Å². The lowest BCUT2D eigenvalue weighted by Gasteiger charge is -2.03. The molecule has 0 aliphatic heterocycles. The van der Waals surface area contributed by atoms with Crippen molar-refractivity contribution >= 4 is 23.6 Å². The van der Waals surface area contributed by atoms with E-state index in [1.165, 1.54) is 12.2 Å². The number of alkyl halides is 3. The topological polar surface area (TPSA) is 68.9 Å². The summed E-state index contributed by atoms with van der Waals surface area (Å²) in [5, 5.41) is 6.17. The number of nitrogens with zero attached hydrogens (tertiary/aromatic N) is 3. The lowest BCUT2D eigenvalue weighted by atomic mass is 10.2. The predicted molar refractivity (Wildman–Crippen MR) is 86.0 cm³/mol. The van der Waals surface area contributed by atoms with Crippen LogP contribution >= 0.6 is 11.6 Å². The number of carbonyl (C=O) groups is 1. The van der Waals surface area contributed by atoms with Gasteiger partial charge in [-0.1, -0.05) is 29.8 Å². The highest BCUT2D eigenvalue weighted by Gasteiger charge is 2.37. The van der Waals surface area contributed by atoms with Gasteiger partial charge in [-0.05, 0) is 17.7 Å². The third kappa shape index (κ3) is 4.72. The smallest absolute Gasteiger partial charge is 0.351 e. The van der Waals surface area contributed by atoms with Crippen LogP contribution in [0.2, 0.25) is 5.02 Å². The average Bonchev–Trinajstić information content (AvgIpc) is 2.82. The van der Waals surface area contributed by atoms with E-state index in [0.29, 0.717) is 19.8 Å². The van der Waals surface area contributed by atoms with Gasteiger partial charge in [0.15, 0.2) is 0 Å². The van der Waals surface area contributed by atoms with E-state index in [4.69, 9.17) is 11.6 Å². The molecule has 1 N–H and O–H groups in total. The Bertz CT molecular complexity index is 855. The van der Waals surface area contributed by atoms with Crippen molar-refractivity contribution in [3.8, 4) is 0 Å². The minimum Gasteiger partial charge on any atom is -0.351 e. The maximum atomic E-state index is 12.7. The summed E-state index contributed by atoms with van der Waals surface area (Å²) in [5.74, 6) is -1.76. The van der Waals surface area contributed by atoms with Crippen molar-refractivity contribution in [2.75, 3.05) is 6.54 Å². The summed E-state index contributed by atoms with van der Waals surface area (Å²) in [6, 6.07) is 6.90. The molecule has 10 heteroatoms. The van der Waals surface area contributed by atoms with E-state index in [1.54, 1.807) is 24.3 Å². The quantitative estimate of drug-likeness (QED) is 0.815. The van der Waals surface area contributed by atoms with Gasteiger partial charge < -0.3 is 5.32 Å². The first-order valence-corrected chi connectivity index (χ1v) is 7.49. The van der Waals surface area contributed by atoms with Crippen LogP contribution in [0, 0.1) is 0 Å². The highest BCUT2D eigenvalue weighted by atomic mass is 35.5. The highest BCUT2D eigenvalue weighted by molar-refractivity contribution is 6.32. The van der Waals surface area contributed by atoms with Gasteiger partial charge in [0.25, 0.3) is 0 Å². The van der Waals surface area contributed by atoms with Gasteiger partial charge in [-0.25, -0.2) is 9.48 Å². The number of rotatable bonds is 5. The van der Waals surface area contributed by atoms with Crippen molar-refractivity contribution in [1.29, 1.82) is 0 Å². The van der Waals surface area contributed by atoms with Gasteiger partial charge in [-0.15, -0.1) is 5.10 Å². The third-order valence-corrected chi connectivity index (χ3v) is 3.58. The van der Waals surface area contributed by atoms with Crippen molar-refractivity contribution in [1.82, 2.24) is 19.7 Å². The molecule has 1 aromatic carbocycles. The first kappa shape index (κ1) is 18.8. The Morgan fingerprint density at radius 2 is 2.04 bits per heavy atom. The summed E-state index contributed by atoms with van der Waals surface area (Å²) in [6.07, 6.45) is -1.98. The third-order valence-electron chi connectivity index (χ3n) is 3.24. The molecule has 1 aromatic heterocycles. The van der Waals surface area contributed by atoms with Crippen LogP contribution in [-0.2, 0) is 24.6 Å². The van der Waals surface area contributed by atoms with Crippen LogP contribution in [0.5, 0.6) is 0 Å². The Kier molecular flexibility index (Phi) is 5.68. The monoisotopic (exact) mass is 374 g/mol. The molecule has 2 rings (SSSR count). The predicted octanol–water partition coefficient (Wildman–Crippen LogP) is 2.08. The molecular formula is C15H14ClF3N4O2. The van der Waals surface area contributed by atoms with Crippen LogP contribution in [-0.4, -0.2) is 26.8 Å². The Hall–Kier alpha value is -2.55. The van der Waals surface area contributed by atoms with E-state index in [1.807, 2.05) is 0 Å². The van der Waals surface area contributed by atoms with Gasteiger partial charge >= 0.3 is 11.9 Å². The second kappa shape index (κ2) is 7.56. The summed E-state index contributed by atoms with van der Waals surface area (Å²) in [7, 11) is 0.986. The SMILES string of the molecule is Cn1c(C(F)(F)F)nn(CCNC(=O)/C=C/c2ccccc2Cl)c1=O. The van der Waals surface area contributed by atoms with Crippen LogP contribution in [0.3, 0.4) is 0 Å². The summed E-state index contributed by atoms with van der Waals surface area (Å²) in [4.78, 5) is 23.4. The van der Waals surface area contributed by atoms with Crippen LogP contribution < -0.4 is 11.0 Å². The molecule has 0 bridgehead atoms. The van der Waals surface area contributed by atoms with Gasteiger partial charge in [0.1, 0.15) is 0 Å². The lowest BCUT2D eigenvalue weighted by molar-refractivity contribution is -0.147. The fourth-order valence-corrected chi connectivity index (χ4v) is 2.20. The van der Waals surface area contributed by atoms with E-state index < -0.39 is 23.6 Å². The molecule has 1 heterocycles. The number of hydrogen-bond donors (Lipinski definition) is 1. The zero-order valence-electron chi connectivity index (χ0n) is 13.0. The Labute approximate surface area is 145 Å². The molecule has 0 aliphatic carbocycles. The second-order valence-corrected chi connectivity index (χ2v) is 5.44. The molecule has 0 radical (unpaired) electrons. The van der Waals surface area contributed by atoms with Gasteiger partial charge in [0.2, 0.25) is 11.7 Å². The normalized spacial score (nSPS) is 11.9. The van der Waals surface area contributed by atoms with Crippen LogP contribution in [0.1, 0.15) is 11.4 Å². The first-order valence-electron chi connectivity index (χ1n) is 7.11. The number of benzene rings is 1. The molecule has 134 valence electrons. The maximum Gasteiger partial charge on any atom is 0.451 e. The van der Waals surface area contributed by atoms with E-state index in [-0.39, 0.29) is 13.1 Å². The Morgan fingerprint density at radius 1 is 1.36 bits per heavy atom. The molecule has 0 atom stereocenters. The number of hydrogen-bond acceptors (Lipinski definition) is 3. The molecule has 0 fully saturated rings. The Morgan fingerprint density at radius 3 is 2.64 bits per heavy atom. The molecule has 6 nitrogen and oxygen atoms in total. The lowest BCUT2D eigenvalue weighted by Crippen LogP contribution is -2.31. The largest absolute Gasteiger partial charge is 0.451 e. The highest BCUT2D eigenvalue weighted by Crippen LogP contribution is 2.25. The zero-order valence-corrected chi connectivity index (χ0v) is 13.8. The van der Waals surface area contributed by atoms with E-state index in [0.717, 1.165) is 7.05 Å². The number of aromatic nitrogens is 3. The van der Waals surface area contributed by atoms with Gasteiger partial charge in [0, 0.05) is 24.7 Å². The minimum absolute atomic E-state index is 0.0556. The zero-order chi connectivity index (χ0) is 18.6. The molecule has 0 unspecified atom stereocenters. The summed E-state index contributed by atoms with van der Waals surface area (Å²) < 4.78 is 39.1. The van der Waals surface area contributed by atoms with Crippen molar-refractivity contribution < 1.29 is 18.0 Å². The van der Waals surface area contributed by atoms with Crippen LogP contribution in [0.4, 0.5) is 13.2 Å². The fraction of sp³-hybridized carbons (Fsp3) is 0.267. The van der Waals surface area contributed by atoms with E-state index in [9.17, 15) is 22.8 Å². The Balaban J connectivity index is 1.94. The fourth-order valence-electron chi connectivity index (χ4n) is 2.00. The van der Waals surface area contributed by atoms with Crippen molar-refractivity contribution in [3.63, 3.8) is 0 Å². The van der Waals surface area contributed by atoms with Crippen LogP contribution in [0.15, 0.2) is 35.1 Å². The first-order chi connectivity index (χ1) is 11.7. The summed E-state index contributed by atoms with van der Waals surface area (Å²) >= 11 is 5.94. The number of nitrogens with one attached hydrogen (secondary N) is 1. The molecule has 25 heavy (non-hydrogen) atoms. The molecule has 2 aromatic rings. The molecule has 0 aliphatic rings. The van der Waals surface area contributed by atoms with E-state index in [2.05, 4.69) is 10.4 Å². The standard InChI is InChI=1S/C15H14ClF3N4O2/c1-22-13(15(17,18)19)21-23(14(22)25)9-8-20-12(24)7-6-10-4-2-3-5-11(10)16/h2-7H,8-9H2,1H3,(H,20,24)/b7-6+. The molecule has 0 saturated heterocycles. The maximum absolute atomic E-state index is 12.7. The molecule has 0 spiro atoms. The number of halogens is 4. The molecule has 0 saturated carbocycles. The van der Waals surface area contributed by atoms with Crippen molar-refractivity contribution in [2.45, 2.75) is 12.7 Å². The number of amides is 1. The number of carbonyl (C=O) groups excluding carboxylic acids is 1. The second-order valence-electron chi connectivity index (χ2n) is 5.03. The minimum atomic E-state index is -4.72. The summed E-state index contributed by atoms with van der Waals surface area (Å²) in [5.41, 5.74) is -0.261. The van der Waals surface area contributed by atoms with Crippen molar-refractivity contribution in [3.05, 3.63) is 57.2 Å². The molecule has 1 amide bonds. The average molecular weight is 375 g/mol. The van der Waals surface area contributed by atoms with E-state index >= 15 is 0 Å². The van der Waals surface area contributed by atoms with Gasteiger partial charge in [0.05, 0.1) is 6.54 Å². The van der Waals surface area contributed by atoms with Gasteiger partial charge in [-0.2, -0.15) is 13.2 Å². The van der Waals surface area contributed by atoms with Crippen molar-refractivity contribution in [2.24, 2.45) is 7.05 Å².